The van der Waals surface area contributed by atoms with Crippen molar-refractivity contribution < 1.29 is 14.2 Å². The first-order chi connectivity index (χ1) is 17.1. The molecule has 1 heterocycles. The lowest BCUT2D eigenvalue weighted by atomic mass is 10.0. The van der Waals surface area contributed by atoms with Crippen molar-refractivity contribution in [3.05, 3.63) is 117 Å². The zero-order valence-electron chi connectivity index (χ0n) is 20.0. The molecule has 4 rings (SSSR count). The van der Waals surface area contributed by atoms with E-state index in [4.69, 9.17) is 19.7 Å². The molecule has 4 aromatic rings. The Balaban J connectivity index is 1.59. The van der Waals surface area contributed by atoms with Gasteiger partial charge in [0.1, 0.15) is 24.2 Å². The van der Waals surface area contributed by atoms with Crippen molar-refractivity contribution in [2.24, 2.45) is 12.2 Å². The van der Waals surface area contributed by atoms with Crippen LogP contribution in [0.15, 0.2) is 84.0 Å². The lowest BCUT2D eigenvalue weighted by molar-refractivity contribution is 0.129. The van der Waals surface area contributed by atoms with Crippen molar-refractivity contribution in [3.8, 4) is 11.5 Å². The molecule has 0 aliphatic rings. The summed E-state index contributed by atoms with van der Waals surface area (Å²) in [5, 5.41) is 3.77. The number of rotatable bonds is 10. The van der Waals surface area contributed by atoms with Crippen LogP contribution in [-0.4, -0.2) is 23.8 Å². The molecular weight excluding hydrogens is 442 g/mol. The largest absolute Gasteiger partial charge is 0.497 e. The third kappa shape index (κ3) is 5.63. The summed E-state index contributed by atoms with van der Waals surface area (Å²) < 4.78 is 18.8. The molecule has 8 nitrogen and oxygen atoms in total. The standard InChI is InChI=1S/C27H27N5O3/c1-32-25(26(34-3)21-11-15-22(33-2)16-12-21)24(29-27(32)30-31-28)17-19-9-13-23(14-10-19)35-18-20-7-5-4-6-8-20/h4-16,26H,17-18H2,1-3H3. The Hall–Kier alpha value is -4.26. The maximum absolute atomic E-state index is 9.01. The van der Waals surface area contributed by atoms with Crippen LogP contribution in [0.3, 0.4) is 0 Å². The Bertz CT molecular complexity index is 1300. The van der Waals surface area contributed by atoms with Gasteiger partial charge < -0.3 is 18.8 Å². The van der Waals surface area contributed by atoms with Crippen LogP contribution in [-0.2, 0) is 24.8 Å². The van der Waals surface area contributed by atoms with Crippen LogP contribution in [0.4, 0.5) is 5.95 Å². The summed E-state index contributed by atoms with van der Waals surface area (Å²) in [7, 11) is 5.11. The first-order valence-corrected chi connectivity index (χ1v) is 11.2. The first-order valence-electron chi connectivity index (χ1n) is 11.2. The second kappa shape index (κ2) is 11.2. The molecule has 0 spiro atoms. The molecule has 1 aromatic heterocycles. The van der Waals surface area contributed by atoms with Crippen LogP contribution in [0, 0.1) is 0 Å². The van der Waals surface area contributed by atoms with E-state index in [1.54, 1.807) is 18.8 Å². The lowest BCUT2D eigenvalue weighted by Gasteiger charge is -2.19. The number of aromatic nitrogens is 2. The molecule has 178 valence electrons. The van der Waals surface area contributed by atoms with Crippen LogP contribution < -0.4 is 9.47 Å². The molecule has 0 aliphatic carbocycles. The third-order valence-electron chi connectivity index (χ3n) is 5.77. The zero-order chi connectivity index (χ0) is 24.6. The summed E-state index contributed by atoms with van der Waals surface area (Å²) in [6.07, 6.45) is 0.142. The van der Waals surface area contributed by atoms with Crippen LogP contribution in [0.25, 0.3) is 10.4 Å². The molecule has 0 amide bonds. The average molecular weight is 470 g/mol. The van der Waals surface area contributed by atoms with E-state index in [0.29, 0.717) is 13.0 Å². The number of hydrogen-bond acceptors (Lipinski definition) is 5. The predicted molar refractivity (Wildman–Crippen MR) is 134 cm³/mol. The van der Waals surface area contributed by atoms with Crippen LogP contribution >= 0.6 is 0 Å². The number of ether oxygens (including phenoxy) is 3. The molecule has 35 heavy (non-hydrogen) atoms. The van der Waals surface area contributed by atoms with Crippen molar-refractivity contribution >= 4 is 5.95 Å². The van der Waals surface area contributed by atoms with Crippen LogP contribution in [0.2, 0.25) is 0 Å². The molecule has 8 heteroatoms. The lowest BCUT2D eigenvalue weighted by Crippen LogP contribution is -2.11. The molecular formula is C27H27N5O3. The number of methoxy groups -OCH3 is 2. The minimum atomic E-state index is -0.399. The fourth-order valence-corrected chi connectivity index (χ4v) is 3.96. The normalized spacial score (nSPS) is 11.5. The summed E-state index contributed by atoms with van der Waals surface area (Å²) in [5.41, 5.74) is 13.7. The molecule has 0 saturated heterocycles. The number of hydrogen-bond donors (Lipinski definition) is 0. The van der Waals surface area contributed by atoms with Gasteiger partial charge in [0.05, 0.1) is 18.5 Å². The van der Waals surface area contributed by atoms with Crippen LogP contribution in [0.1, 0.15) is 34.2 Å². The van der Waals surface area contributed by atoms with Gasteiger partial charge in [0, 0.05) is 25.5 Å². The fraction of sp³-hybridized carbons (Fsp3) is 0.222. The average Bonchev–Trinajstić information content (AvgIpc) is 3.19. The highest BCUT2D eigenvalue weighted by atomic mass is 16.5. The number of azide groups is 1. The summed E-state index contributed by atoms with van der Waals surface area (Å²) >= 11 is 0. The van der Waals surface area contributed by atoms with Crippen LogP contribution in [0.5, 0.6) is 11.5 Å². The minimum absolute atomic E-state index is 0.288. The van der Waals surface area contributed by atoms with Crippen molar-refractivity contribution in [3.63, 3.8) is 0 Å². The van der Waals surface area contributed by atoms with Crippen molar-refractivity contribution in [1.29, 1.82) is 0 Å². The van der Waals surface area contributed by atoms with Crippen molar-refractivity contribution in [2.75, 3.05) is 14.2 Å². The molecule has 0 fully saturated rings. The Kier molecular flexibility index (Phi) is 7.67. The molecule has 0 saturated carbocycles. The Labute approximate surface area is 204 Å². The summed E-state index contributed by atoms with van der Waals surface area (Å²) in [5.74, 6) is 1.84. The second-order valence-electron chi connectivity index (χ2n) is 7.98. The van der Waals surface area contributed by atoms with Gasteiger partial charge in [-0.25, -0.2) is 4.98 Å². The van der Waals surface area contributed by atoms with E-state index in [9.17, 15) is 0 Å². The smallest absolute Gasteiger partial charge is 0.197 e. The van der Waals surface area contributed by atoms with Gasteiger partial charge in [-0.3, -0.25) is 0 Å². The van der Waals surface area contributed by atoms with Gasteiger partial charge in [-0.15, -0.1) is 0 Å². The van der Waals surface area contributed by atoms with Crippen molar-refractivity contribution in [1.82, 2.24) is 9.55 Å². The van der Waals surface area contributed by atoms with Gasteiger partial charge in [-0.05, 0) is 51.6 Å². The molecule has 1 atom stereocenters. The first kappa shape index (κ1) is 23.9. The quantitative estimate of drug-likeness (QED) is 0.155. The highest BCUT2D eigenvalue weighted by Gasteiger charge is 2.24. The monoisotopic (exact) mass is 469 g/mol. The predicted octanol–water partition coefficient (Wildman–Crippen LogP) is 6.28. The number of benzene rings is 3. The topological polar surface area (TPSA) is 94.3 Å². The molecule has 0 radical (unpaired) electrons. The zero-order valence-corrected chi connectivity index (χ0v) is 20.0. The fourth-order valence-electron chi connectivity index (χ4n) is 3.96. The third-order valence-corrected chi connectivity index (χ3v) is 5.77. The minimum Gasteiger partial charge on any atom is -0.497 e. The van der Waals surface area contributed by atoms with E-state index in [1.807, 2.05) is 85.9 Å². The van der Waals surface area contributed by atoms with Gasteiger partial charge in [0.15, 0.2) is 5.95 Å². The maximum Gasteiger partial charge on any atom is 0.197 e. The maximum atomic E-state index is 9.01. The number of imidazole rings is 1. The van der Waals surface area contributed by atoms with E-state index in [-0.39, 0.29) is 5.95 Å². The molecule has 0 aliphatic heterocycles. The number of nitrogens with zero attached hydrogens (tertiary/aromatic N) is 5. The van der Waals surface area contributed by atoms with Gasteiger partial charge in [0.25, 0.3) is 0 Å². The molecule has 1 unspecified atom stereocenters. The SMILES string of the molecule is COc1ccc(C(OC)c2c(Cc3ccc(OCc4ccccc4)cc3)nc(N=[N+]=[N-])n2C)cc1. The summed E-state index contributed by atoms with van der Waals surface area (Å²) in [4.78, 5) is 7.56. The molecule has 0 bridgehead atoms. The molecule has 3 aromatic carbocycles. The summed E-state index contributed by atoms with van der Waals surface area (Å²) in [6.45, 7) is 0.511. The second-order valence-corrected chi connectivity index (χ2v) is 7.98. The van der Waals surface area contributed by atoms with Gasteiger partial charge in [0.2, 0.25) is 0 Å². The van der Waals surface area contributed by atoms with E-state index in [0.717, 1.165) is 39.6 Å². The highest BCUT2D eigenvalue weighted by Crippen LogP contribution is 2.33. The highest BCUT2D eigenvalue weighted by molar-refractivity contribution is 5.40. The Morgan fingerprint density at radius 3 is 2.23 bits per heavy atom. The van der Waals surface area contributed by atoms with E-state index >= 15 is 0 Å². The Morgan fingerprint density at radius 1 is 0.914 bits per heavy atom. The summed E-state index contributed by atoms with van der Waals surface area (Å²) in [6, 6.07) is 25.7. The molecule has 0 N–H and O–H groups in total. The van der Waals surface area contributed by atoms with E-state index < -0.39 is 6.10 Å². The van der Waals surface area contributed by atoms with Crippen molar-refractivity contribution in [2.45, 2.75) is 19.1 Å². The van der Waals surface area contributed by atoms with Gasteiger partial charge >= 0.3 is 0 Å². The van der Waals surface area contributed by atoms with Gasteiger partial charge in [-0.1, -0.05) is 54.6 Å². The van der Waals surface area contributed by atoms with E-state index in [1.165, 1.54) is 0 Å². The Morgan fingerprint density at radius 2 is 1.60 bits per heavy atom. The van der Waals surface area contributed by atoms with Gasteiger partial charge in [-0.2, -0.15) is 0 Å². The van der Waals surface area contributed by atoms with E-state index in [2.05, 4.69) is 15.0 Å².